The Hall–Kier alpha value is -3.60. The van der Waals surface area contributed by atoms with Crippen molar-refractivity contribution in [2.75, 3.05) is 98.2 Å². The van der Waals surface area contributed by atoms with Crippen LogP contribution in [0.5, 0.6) is 0 Å². The Kier molecular flexibility index (Phi) is 19.2. The molecular formula is C28H49N7O9. The SMILES string of the molecule is C=C(CCC(=O)NCC(=O)NCCCC)CNC(=O)CN1CCN(CC(=O)O)CCN(CC(=O)O)CCN(CC(=O)O)CC1. The fourth-order valence-corrected chi connectivity index (χ4v) is 4.38. The molecule has 0 bridgehead atoms. The molecule has 0 aromatic heterocycles. The van der Waals surface area contributed by atoms with Gasteiger partial charge in [0.2, 0.25) is 17.7 Å². The summed E-state index contributed by atoms with van der Waals surface area (Å²) >= 11 is 0. The lowest BCUT2D eigenvalue weighted by Gasteiger charge is -2.32. The highest BCUT2D eigenvalue weighted by atomic mass is 16.4. The normalized spacial score (nSPS) is 16.2. The largest absolute Gasteiger partial charge is 0.480 e. The second-order valence-electron chi connectivity index (χ2n) is 10.8. The first-order valence-electron chi connectivity index (χ1n) is 14.9. The Morgan fingerprint density at radius 3 is 1.39 bits per heavy atom. The molecule has 0 radical (unpaired) electrons. The standard InChI is InChI=1S/C28H49N7O9/c1-3-4-7-29-24(37)17-31-23(36)6-5-22(2)16-30-25(38)18-32-8-10-33(19-26(39)40)12-14-35(21-28(43)44)15-13-34(11-9-32)20-27(41)42/h2-21H2,1H3,(H,29,37)(H,30,38)(H,31,36)(H,39,40)(H,41,42)(H,43,44). The number of carboxylic acid groups (broad SMARTS) is 3. The molecule has 16 heteroatoms. The van der Waals surface area contributed by atoms with E-state index in [9.17, 15) is 44.1 Å². The van der Waals surface area contributed by atoms with Crippen molar-refractivity contribution in [2.24, 2.45) is 0 Å². The highest BCUT2D eigenvalue weighted by molar-refractivity contribution is 5.84. The molecule has 1 aliphatic rings. The number of hydrogen-bond donors (Lipinski definition) is 6. The molecule has 1 rings (SSSR count). The molecule has 0 saturated carbocycles. The molecule has 1 fully saturated rings. The molecule has 0 aromatic carbocycles. The maximum Gasteiger partial charge on any atom is 0.317 e. The number of carbonyl (C=O) groups is 6. The summed E-state index contributed by atoms with van der Waals surface area (Å²) in [6.07, 6.45) is 2.26. The maximum absolute atomic E-state index is 12.8. The van der Waals surface area contributed by atoms with Crippen LogP contribution in [0.25, 0.3) is 0 Å². The molecule has 0 atom stereocenters. The van der Waals surface area contributed by atoms with Crippen LogP contribution < -0.4 is 16.0 Å². The molecule has 3 amide bonds. The topological polar surface area (TPSA) is 212 Å². The molecule has 6 N–H and O–H groups in total. The fourth-order valence-electron chi connectivity index (χ4n) is 4.38. The van der Waals surface area contributed by atoms with E-state index in [1.807, 2.05) is 11.8 Å². The minimum absolute atomic E-state index is 0.0200. The lowest BCUT2D eigenvalue weighted by Crippen LogP contribution is -2.49. The fraction of sp³-hybridized carbons (Fsp3) is 0.714. The summed E-state index contributed by atoms with van der Waals surface area (Å²) in [5, 5.41) is 36.0. The average Bonchev–Trinajstić information content (AvgIpc) is 2.94. The zero-order valence-electron chi connectivity index (χ0n) is 25.7. The second-order valence-corrected chi connectivity index (χ2v) is 10.8. The molecule has 0 unspecified atom stereocenters. The van der Waals surface area contributed by atoms with Crippen LogP contribution in [0.1, 0.15) is 32.6 Å². The second kappa shape index (κ2) is 22.0. The van der Waals surface area contributed by atoms with Gasteiger partial charge in [0.05, 0.1) is 32.7 Å². The van der Waals surface area contributed by atoms with Gasteiger partial charge in [0, 0.05) is 71.9 Å². The number of amides is 3. The smallest absolute Gasteiger partial charge is 0.317 e. The Bertz CT molecular complexity index is 947. The van der Waals surface area contributed by atoms with E-state index in [2.05, 4.69) is 22.5 Å². The van der Waals surface area contributed by atoms with E-state index >= 15 is 0 Å². The van der Waals surface area contributed by atoms with E-state index in [1.165, 1.54) is 0 Å². The number of nitrogens with one attached hydrogen (secondary N) is 3. The van der Waals surface area contributed by atoms with Crippen molar-refractivity contribution in [2.45, 2.75) is 32.6 Å². The summed E-state index contributed by atoms with van der Waals surface area (Å²) in [5.74, 6) is -3.95. The lowest BCUT2D eigenvalue weighted by molar-refractivity contribution is -0.140. The lowest BCUT2D eigenvalue weighted by atomic mass is 10.1. The molecule has 250 valence electrons. The van der Waals surface area contributed by atoms with Gasteiger partial charge in [0.15, 0.2) is 0 Å². The van der Waals surface area contributed by atoms with E-state index in [0.29, 0.717) is 44.7 Å². The van der Waals surface area contributed by atoms with Crippen LogP contribution in [0.15, 0.2) is 12.2 Å². The third kappa shape index (κ3) is 19.6. The summed E-state index contributed by atoms with van der Waals surface area (Å²) in [6.45, 7) is 8.17. The summed E-state index contributed by atoms with van der Waals surface area (Å²) in [5.41, 5.74) is 0.626. The van der Waals surface area contributed by atoms with Crippen LogP contribution in [-0.4, -0.2) is 169 Å². The van der Waals surface area contributed by atoms with Gasteiger partial charge in [-0.05, 0) is 12.8 Å². The molecule has 16 nitrogen and oxygen atoms in total. The maximum atomic E-state index is 12.8. The minimum atomic E-state index is -1.03. The van der Waals surface area contributed by atoms with Crippen LogP contribution in [0.2, 0.25) is 0 Å². The van der Waals surface area contributed by atoms with Gasteiger partial charge in [-0.25, -0.2) is 0 Å². The van der Waals surface area contributed by atoms with Gasteiger partial charge in [-0.15, -0.1) is 0 Å². The van der Waals surface area contributed by atoms with E-state index in [-0.39, 0.29) is 89.6 Å². The highest BCUT2D eigenvalue weighted by Gasteiger charge is 2.21. The Morgan fingerprint density at radius 1 is 0.568 bits per heavy atom. The average molecular weight is 628 g/mol. The van der Waals surface area contributed by atoms with Crippen molar-refractivity contribution in [3.8, 4) is 0 Å². The summed E-state index contributed by atoms with van der Waals surface area (Å²) in [4.78, 5) is 77.6. The Labute approximate surface area is 258 Å². The quantitative estimate of drug-likeness (QED) is 0.0714. The van der Waals surface area contributed by atoms with E-state index in [0.717, 1.165) is 12.8 Å². The first-order valence-corrected chi connectivity index (χ1v) is 14.9. The van der Waals surface area contributed by atoms with Crippen LogP contribution in [0.4, 0.5) is 0 Å². The first kappa shape index (κ1) is 38.4. The summed E-state index contributed by atoms with van der Waals surface area (Å²) in [6, 6.07) is 0. The third-order valence-electron chi connectivity index (χ3n) is 6.91. The van der Waals surface area contributed by atoms with Crippen molar-refractivity contribution in [1.82, 2.24) is 35.6 Å². The Balaban J connectivity index is 2.66. The Morgan fingerprint density at radius 2 is 0.977 bits per heavy atom. The molecule has 0 spiro atoms. The monoisotopic (exact) mass is 627 g/mol. The van der Waals surface area contributed by atoms with Gasteiger partial charge >= 0.3 is 17.9 Å². The number of carbonyl (C=O) groups excluding carboxylic acids is 3. The molecule has 1 saturated heterocycles. The number of carboxylic acids is 3. The van der Waals surface area contributed by atoms with Crippen molar-refractivity contribution in [3.05, 3.63) is 12.2 Å². The van der Waals surface area contributed by atoms with Crippen molar-refractivity contribution < 1.29 is 44.1 Å². The van der Waals surface area contributed by atoms with E-state index < -0.39 is 17.9 Å². The summed E-state index contributed by atoms with van der Waals surface area (Å²) in [7, 11) is 0. The van der Waals surface area contributed by atoms with E-state index in [4.69, 9.17) is 0 Å². The first-order chi connectivity index (χ1) is 20.9. The number of hydrogen-bond acceptors (Lipinski definition) is 10. The molecule has 0 aromatic rings. The zero-order valence-corrected chi connectivity index (χ0v) is 25.7. The molecule has 1 aliphatic heterocycles. The molecule has 44 heavy (non-hydrogen) atoms. The number of unbranched alkanes of at least 4 members (excludes halogenated alkanes) is 1. The van der Waals surface area contributed by atoms with Crippen LogP contribution >= 0.6 is 0 Å². The van der Waals surface area contributed by atoms with Crippen LogP contribution in [-0.2, 0) is 28.8 Å². The van der Waals surface area contributed by atoms with Crippen molar-refractivity contribution in [3.63, 3.8) is 0 Å². The van der Waals surface area contributed by atoms with Gasteiger partial charge in [-0.1, -0.05) is 25.5 Å². The summed E-state index contributed by atoms with van der Waals surface area (Å²) < 4.78 is 0. The van der Waals surface area contributed by atoms with Crippen LogP contribution in [0, 0.1) is 0 Å². The number of nitrogens with zero attached hydrogens (tertiary/aromatic N) is 4. The van der Waals surface area contributed by atoms with Crippen LogP contribution in [0.3, 0.4) is 0 Å². The predicted octanol–water partition coefficient (Wildman–Crippen LogP) is -2.05. The van der Waals surface area contributed by atoms with Gasteiger partial charge in [0.25, 0.3) is 0 Å². The van der Waals surface area contributed by atoms with E-state index in [1.54, 1.807) is 14.7 Å². The minimum Gasteiger partial charge on any atom is -0.480 e. The number of rotatable bonds is 18. The molecule has 0 aliphatic carbocycles. The third-order valence-corrected chi connectivity index (χ3v) is 6.91. The van der Waals surface area contributed by atoms with Gasteiger partial charge in [-0.2, -0.15) is 0 Å². The van der Waals surface area contributed by atoms with Gasteiger partial charge < -0.3 is 31.3 Å². The number of aliphatic carboxylic acids is 3. The predicted molar refractivity (Wildman–Crippen MR) is 161 cm³/mol. The van der Waals surface area contributed by atoms with Crippen molar-refractivity contribution >= 4 is 35.6 Å². The molecular weight excluding hydrogens is 578 g/mol. The van der Waals surface area contributed by atoms with Crippen molar-refractivity contribution in [1.29, 1.82) is 0 Å². The molecule has 1 heterocycles. The van der Waals surface area contributed by atoms with Gasteiger partial charge in [0.1, 0.15) is 0 Å². The van der Waals surface area contributed by atoms with Gasteiger partial charge in [-0.3, -0.25) is 48.4 Å². The highest BCUT2D eigenvalue weighted by Crippen LogP contribution is 2.03. The zero-order chi connectivity index (χ0) is 32.9.